The Morgan fingerprint density at radius 1 is 1.24 bits per heavy atom. The topological polar surface area (TPSA) is 41.6 Å². The Morgan fingerprint density at radius 3 is 2.76 bits per heavy atom. The first-order chi connectivity index (χ1) is 12.2. The van der Waals surface area contributed by atoms with E-state index in [1.807, 2.05) is 0 Å². The van der Waals surface area contributed by atoms with E-state index in [9.17, 15) is 9.18 Å². The van der Waals surface area contributed by atoms with Gasteiger partial charge in [0.15, 0.2) is 0 Å². The van der Waals surface area contributed by atoms with Crippen LogP contribution in [0.25, 0.3) is 0 Å². The van der Waals surface area contributed by atoms with E-state index in [1.54, 1.807) is 12.1 Å². The van der Waals surface area contributed by atoms with Crippen molar-refractivity contribution in [3.8, 4) is 0 Å². The Labute approximate surface area is 148 Å². The zero-order valence-electron chi connectivity index (χ0n) is 14.7. The molecule has 0 radical (unpaired) electrons. The van der Waals surface area contributed by atoms with E-state index in [0.29, 0.717) is 12.6 Å². The summed E-state index contributed by atoms with van der Waals surface area (Å²) in [4.78, 5) is 15.5. The van der Waals surface area contributed by atoms with Crippen LogP contribution in [0.5, 0.6) is 0 Å². The number of hydrogen-bond acceptors (Lipinski definition) is 3. The van der Waals surface area contributed by atoms with Crippen molar-refractivity contribution in [2.75, 3.05) is 26.2 Å². The van der Waals surface area contributed by atoms with Crippen molar-refractivity contribution in [3.05, 3.63) is 35.6 Å². The summed E-state index contributed by atoms with van der Waals surface area (Å²) in [6.45, 7) is 3.40. The average molecular weight is 346 g/mol. The highest BCUT2D eigenvalue weighted by atomic mass is 19.1. The summed E-state index contributed by atoms with van der Waals surface area (Å²) in [6, 6.07) is 7.03. The van der Waals surface area contributed by atoms with Crippen LogP contribution >= 0.6 is 0 Å². The van der Waals surface area contributed by atoms with Crippen LogP contribution in [0.2, 0.25) is 0 Å². The highest BCUT2D eigenvalue weighted by Gasteiger charge is 2.43. The molecule has 3 fully saturated rings. The third-order valence-electron chi connectivity index (χ3n) is 6.24. The molecular weight excluding hydrogens is 319 g/mol. The van der Waals surface area contributed by atoms with Crippen molar-refractivity contribution < 1.29 is 13.9 Å². The van der Waals surface area contributed by atoms with E-state index in [4.69, 9.17) is 4.74 Å². The maximum absolute atomic E-state index is 13.3. The first kappa shape index (κ1) is 17.0. The fourth-order valence-corrected chi connectivity index (χ4v) is 4.78. The standard InChI is InChI=1S/C20H27FN2O2/c21-16-7-5-15(6-8-16)20(9-1-2-10-20)19(24)22-12-18-13-23-11-3-4-17(23)14-25-18/h5-8,17-18H,1-4,9-14H2,(H,22,24). The van der Waals surface area contributed by atoms with Crippen LogP contribution in [-0.2, 0) is 14.9 Å². The summed E-state index contributed by atoms with van der Waals surface area (Å²) in [5.41, 5.74) is 0.437. The maximum Gasteiger partial charge on any atom is 0.230 e. The number of carbonyl (C=O) groups excluding carboxylic acids is 1. The van der Waals surface area contributed by atoms with Gasteiger partial charge in [-0.2, -0.15) is 0 Å². The molecule has 4 nitrogen and oxygen atoms in total. The lowest BCUT2D eigenvalue weighted by molar-refractivity contribution is -0.128. The van der Waals surface area contributed by atoms with E-state index in [2.05, 4.69) is 10.2 Å². The first-order valence-electron chi connectivity index (χ1n) is 9.57. The lowest BCUT2D eigenvalue weighted by Gasteiger charge is -2.36. The third kappa shape index (κ3) is 3.32. The van der Waals surface area contributed by atoms with Crippen molar-refractivity contribution in [3.63, 3.8) is 0 Å². The SMILES string of the molecule is O=C(NCC1CN2CCCC2CO1)C1(c2ccc(F)cc2)CCCC1. The Balaban J connectivity index is 1.40. The molecule has 2 atom stereocenters. The third-order valence-corrected chi connectivity index (χ3v) is 6.24. The fraction of sp³-hybridized carbons (Fsp3) is 0.650. The summed E-state index contributed by atoms with van der Waals surface area (Å²) in [5.74, 6) is -0.183. The van der Waals surface area contributed by atoms with Gasteiger partial charge in [-0.25, -0.2) is 4.39 Å². The number of carbonyl (C=O) groups is 1. The minimum Gasteiger partial charge on any atom is -0.373 e. The van der Waals surface area contributed by atoms with E-state index in [1.165, 1.54) is 25.0 Å². The quantitative estimate of drug-likeness (QED) is 0.911. The molecule has 25 heavy (non-hydrogen) atoms. The minimum atomic E-state index is -0.501. The number of rotatable bonds is 4. The van der Waals surface area contributed by atoms with Gasteiger partial charge in [0.05, 0.1) is 18.1 Å². The molecule has 2 aliphatic heterocycles. The van der Waals surface area contributed by atoms with Crippen molar-refractivity contribution >= 4 is 5.91 Å². The first-order valence-corrected chi connectivity index (χ1v) is 9.57. The number of ether oxygens (including phenoxy) is 1. The number of nitrogens with zero attached hydrogens (tertiary/aromatic N) is 1. The van der Waals surface area contributed by atoms with E-state index in [-0.39, 0.29) is 17.8 Å². The molecule has 5 heteroatoms. The number of morpholine rings is 1. The summed E-state index contributed by atoms with van der Waals surface area (Å²) < 4.78 is 19.2. The number of nitrogens with one attached hydrogen (secondary N) is 1. The Kier molecular flexibility index (Phi) is 4.78. The van der Waals surface area contributed by atoms with Crippen molar-refractivity contribution in [1.29, 1.82) is 0 Å². The van der Waals surface area contributed by atoms with Gasteiger partial charge < -0.3 is 10.1 Å². The predicted octanol–water partition coefficient (Wildman–Crippen LogP) is 2.62. The second-order valence-corrected chi connectivity index (χ2v) is 7.75. The lowest BCUT2D eigenvalue weighted by Crippen LogP contribution is -2.52. The zero-order chi connectivity index (χ0) is 17.3. The summed E-state index contributed by atoms with van der Waals surface area (Å²) in [6.07, 6.45) is 6.31. The van der Waals surface area contributed by atoms with Crippen molar-refractivity contribution in [1.82, 2.24) is 10.2 Å². The highest BCUT2D eigenvalue weighted by molar-refractivity contribution is 5.88. The predicted molar refractivity (Wildman–Crippen MR) is 93.9 cm³/mol. The van der Waals surface area contributed by atoms with Gasteiger partial charge in [0.25, 0.3) is 0 Å². The molecule has 3 aliphatic rings. The highest BCUT2D eigenvalue weighted by Crippen LogP contribution is 2.41. The van der Waals surface area contributed by atoms with Crippen LogP contribution in [0.1, 0.15) is 44.1 Å². The maximum atomic E-state index is 13.3. The van der Waals surface area contributed by atoms with Crippen LogP contribution in [0.15, 0.2) is 24.3 Å². The van der Waals surface area contributed by atoms with E-state index >= 15 is 0 Å². The molecule has 1 N–H and O–H groups in total. The van der Waals surface area contributed by atoms with Gasteiger partial charge >= 0.3 is 0 Å². The molecule has 0 bridgehead atoms. The number of halogens is 1. The van der Waals surface area contributed by atoms with Gasteiger partial charge in [-0.05, 0) is 49.9 Å². The molecule has 2 unspecified atom stereocenters. The van der Waals surface area contributed by atoms with Gasteiger partial charge in [0.2, 0.25) is 5.91 Å². The second kappa shape index (κ2) is 7.04. The van der Waals surface area contributed by atoms with Crippen molar-refractivity contribution in [2.45, 2.75) is 56.1 Å². The molecule has 1 aromatic rings. The average Bonchev–Trinajstić information content (AvgIpc) is 3.29. The Morgan fingerprint density at radius 2 is 2.00 bits per heavy atom. The molecule has 1 saturated carbocycles. The monoisotopic (exact) mass is 346 g/mol. The minimum absolute atomic E-state index is 0.0729. The Hall–Kier alpha value is -1.46. The van der Waals surface area contributed by atoms with Gasteiger partial charge in [-0.1, -0.05) is 25.0 Å². The van der Waals surface area contributed by atoms with Gasteiger partial charge in [0, 0.05) is 19.1 Å². The molecular formula is C20H27FN2O2. The lowest BCUT2D eigenvalue weighted by atomic mass is 9.78. The smallest absolute Gasteiger partial charge is 0.230 e. The number of fused-ring (bicyclic) bond motifs is 1. The summed E-state index contributed by atoms with van der Waals surface area (Å²) in [7, 11) is 0. The molecule has 1 amide bonds. The normalized spacial score (nSPS) is 28.7. The van der Waals surface area contributed by atoms with Crippen LogP contribution in [0, 0.1) is 5.82 Å². The molecule has 0 spiro atoms. The van der Waals surface area contributed by atoms with Crippen LogP contribution in [0.3, 0.4) is 0 Å². The second-order valence-electron chi connectivity index (χ2n) is 7.75. The largest absolute Gasteiger partial charge is 0.373 e. The van der Waals surface area contributed by atoms with Crippen LogP contribution < -0.4 is 5.32 Å². The van der Waals surface area contributed by atoms with Crippen molar-refractivity contribution in [2.24, 2.45) is 0 Å². The molecule has 4 rings (SSSR count). The Bertz CT molecular complexity index is 613. The van der Waals surface area contributed by atoms with Gasteiger partial charge in [0.1, 0.15) is 5.82 Å². The van der Waals surface area contributed by atoms with E-state index in [0.717, 1.165) is 50.9 Å². The van der Waals surface area contributed by atoms with E-state index < -0.39 is 5.41 Å². The zero-order valence-corrected chi connectivity index (χ0v) is 14.7. The molecule has 2 heterocycles. The number of amides is 1. The molecule has 0 aromatic heterocycles. The number of hydrogen-bond donors (Lipinski definition) is 1. The van der Waals surface area contributed by atoms with Crippen LogP contribution in [-0.4, -0.2) is 49.2 Å². The summed E-state index contributed by atoms with van der Waals surface area (Å²) in [5, 5.41) is 3.14. The molecule has 1 aromatic carbocycles. The fourth-order valence-electron chi connectivity index (χ4n) is 4.78. The summed E-state index contributed by atoms with van der Waals surface area (Å²) >= 11 is 0. The van der Waals surface area contributed by atoms with Gasteiger partial charge in [-0.3, -0.25) is 9.69 Å². The molecule has 136 valence electrons. The molecule has 2 saturated heterocycles. The molecule has 1 aliphatic carbocycles. The number of benzene rings is 1. The van der Waals surface area contributed by atoms with Crippen LogP contribution in [0.4, 0.5) is 4.39 Å². The van der Waals surface area contributed by atoms with Gasteiger partial charge in [-0.15, -0.1) is 0 Å².